The summed E-state index contributed by atoms with van der Waals surface area (Å²) in [7, 11) is 0. The number of benzene rings is 2. The molecule has 1 aliphatic rings. The number of hydrogen-bond donors (Lipinski definition) is 3. The van der Waals surface area contributed by atoms with Crippen LogP contribution in [0.3, 0.4) is 0 Å². The van der Waals surface area contributed by atoms with Gasteiger partial charge in [0.15, 0.2) is 5.96 Å². The van der Waals surface area contributed by atoms with Crippen LogP contribution in [0.2, 0.25) is 0 Å². The Morgan fingerprint density at radius 1 is 1.16 bits per heavy atom. The predicted octanol–water partition coefficient (Wildman–Crippen LogP) is 4.07. The van der Waals surface area contributed by atoms with Gasteiger partial charge in [-0.15, -0.1) is 24.0 Å². The Bertz CT molecular complexity index is 903. The number of amides is 1. The molecule has 1 saturated carbocycles. The lowest BCUT2D eigenvalue weighted by molar-refractivity contribution is -0.114. The molecule has 0 atom stereocenters. The van der Waals surface area contributed by atoms with E-state index >= 15 is 0 Å². The van der Waals surface area contributed by atoms with E-state index < -0.39 is 0 Å². The fourth-order valence-electron chi connectivity index (χ4n) is 3.33. The molecule has 2 aromatic carbocycles. The van der Waals surface area contributed by atoms with Crippen molar-refractivity contribution >= 4 is 41.5 Å². The average molecular weight is 540 g/mol. The van der Waals surface area contributed by atoms with Gasteiger partial charge in [-0.25, -0.2) is 4.39 Å². The standard InChI is InChI=1S/C23H29FN4O2.HI/c1-3-25-22(27-16-23(11-12-23)20-9-4-5-10-21(20)24)26-13-14-30-19-8-6-7-18(15-19)28-17(2)29;/h4-10,15H,3,11-14,16H2,1-2H3,(H,28,29)(H2,25,26,27);1H. The first-order valence-electron chi connectivity index (χ1n) is 10.3. The Labute approximate surface area is 200 Å². The van der Waals surface area contributed by atoms with Crippen molar-refractivity contribution in [3.63, 3.8) is 0 Å². The lowest BCUT2D eigenvalue weighted by atomic mass is 9.95. The Morgan fingerprint density at radius 3 is 2.61 bits per heavy atom. The maximum Gasteiger partial charge on any atom is 0.221 e. The van der Waals surface area contributed by atoms with Crippen LogP contribution in [-0.2, 0) is 10.2 Å². The van der Waals surface area contributed by atoms with Crippen LogP contribution in [0.4, 0.5) is 10.1 Å². The number of nitrogens with one attached hydrogen (secondary N) is 3. The molecule has 0 aliphatic heterocycles. The number of carbonyl (C=O) groups is 1. The van der Waals surface area contributed by atoms with E-state index in [1.165, 1.54) is 13.0 Å². The van der Waals surface area contributed by atoms with Crippen molar-refractivity contribution in [2.75, 3.05) is 31.6 Å². The second-order valence-electron chi connectivity index (χ2n) is 7.44. The number of halogens is 2. The van der Waals surface area contributed by atoms with Crippen LogP contribution < -0.4 is 20.7 Å². The molecule has 31 heavy (non-hydrogen) atoms. The number of anilines is 1. The number of guanidine groups is 1. The van der Waals surface area contributed by atoms with Crippen LogP contribution in [0.25, 0.3) is 0 Å². The van der Waals surface area contributed by atoms with Crippen LogP contribution in [0.5, 0.6) is 5.75 Å². The third-order valence-electron chi connectivity index (χ3n) is 5.00. The van der Waals surface area contributed by atoms with Gasteiger partial charge in [0.1, 0.15) is 18.2 Å². The molecule has 0 aromatic heterocycles. The summed E-state index contributed by atoms with van der Waals surface area (Å²) >= 11 is 0. The normalized spacial score (nSPS) is 14.2. The summed E-state index contributed by atoms with van der Waals surface area (Å²) in [6, 6.07) is 14.2. The third kappa shape index (κ3) is 7.37. The van der Waals surface area contributed by atoms with E-state index in [9.17, 15) is 9.18 Å². The minimum atomic E-state index is -0.186. The zero-order valence-electron chi connectivity index (χ0n) is 17.9. The van der Waals surface area contributed by atoms with E-state index in [0.29, 0.717) is 37.1 Å². The Kier molecular flexibility index (Phi) is 9.54. The van der Waals surface area contributed by atoms with Crippen molar-refractivity contribution in [3.8, 4) is 5.75 Å². The first kappa shape index (κ1) is 24.9. The average Bonchev–Trinajstić information content (AvgIpc) is 3.50. The Morgan fingerprint density at radius 2 is 1.94 bits per heavy atom. The molecule has 6 nitrogen and oxygen atoms in total. The number of ether oxygens (including phenoxy) is 1. The lowest BCUT2D eigenvalue weighted by Gasteiger charge is -2.16. The molecule has 2 aromatic rings. The number of nitrogens with zero attached hydrogens (tertiary/aromatic N) is 1. The summed E-state index contributed by atoms with van der Waals surface area (Å²) in [6.07, 6.45) is 1.90. The summed E-state index contributed by atoms with van der Waals surface area (Å²) in [4.78, 5) is 15.8. The fourth-order valence-corrected chi connectivity index (χ4v) is 3.33. The second kappa shape index (κ2) is 11.9. The van der Waals surface area contributed by atoms with Crippen LogP contribution >= 0.6 is 24.0 Å². The first-order chi connectivity index (χ1) is 14.5. The van der Waals surface area contributed by atoms with Crippen molar-refractivity contribution in [2.45, 2.75) is 32.1 Å². The van der Waals surface area contributed by atoms with Gasteiger partial charge in [0.25, 0.3) is 0 Å². The molecule has 3 rings (SSSR count). The lowest BCUT2D eigenvalue weighted by Crippen LogP contribution is -2.40. The molecule has 0 saturated heterocycles. The van der Waals surface area contributed by atoms with Gasteiger partial charge in [-0.05, 0) is 43.5 Å². The zero-order chi connectivity index (χ0) is 21.4. The van der Waals surface area contributed by atoms with Gasteiger partial charge in [0, 0.05) is 30.6 Å². The van der Waals surface area contributed by atoms with Crippen LogP contribution in [0.15, 0.2) is 53.5 Å². The van der Waals surface area contributed by atoms with Gasteiger partial charge in [0.05, 0.1) is 13.1 Å². The van der Waals surface area contributed by atoms with Crippen molar-refractivity contribution in [3.05, 3.63) is 59.9 Å². The SMILES string of the molecule is CCNC(=NCC1(c2ccccc2F)CC1)NCCOc1cccc(NC(C)=O)c1.I. The maximum atomic E-state index is 14.2. The number of rotatable bonds is 9. The highest BCUT2D eigenvalue weighted by Gasteiger charge is 2.45. The largest absolute Gasteiger partial charge is 0.492 e. The molecular formula is C23H30FIN4O2. The summed E-state index contributed by atoms with van der Waals surface area (Å²) < 4.78 is 19.9. The summed E-state index contributed by atoms with van der Waals surface area (Å²) in [5.74, 6) is 1.10. The topological polar surface area (TPSA) is 74.8 Å². The highest BCUT2D eigenvalue weighted by atomic mass is 127. The van der Waals surface area contributed by atoms with Gasteiger partial charge in [-0.1, -0.05) is 24.3 Å². The highest BCUT2D eigenvalue weighted by Crippen LogP contribution is 2.49. The minimum Gasteiger partial charge on any atom is -0.492 e. The smallest absolute Gasteiger partial charge is 0.221 e. The molecule has 8 heteroatoms. The molecule has 3 N–H and O–H groups in total. The number of carbonyl (C=O) groups excluding carboxylic acids is 1. The van der Waals surface area contributed by atoms with Gasteiger partial charge >= 0.3 is 0 Å². The number of hydrogen-bond acceptors (Lipinski definition) is 3. The molecule has 1 fully saturated rings. The van der Waals surface area contributed by atoms with Crippen molar-refractivity contribution < 1.29 is 13.9 Å². The summed E-state index contributed by atoms with van der Waals surface area (Å²) in [5.41, 5.74) is 1.27. The van der Waals surface area contributed by atoms with Gasteiger partial charge in [-0.2, -0.15) is 0 Å². The van der Waals surface area contributed by atoms with E-state index in [1.807, 2.05) is 37.3 Å². The molecule has 1 aliphatic carbocycles. The number of aliphatic imine (C=N–C) groups is 1. The monoisotopic (exact) mass is 540 g/mol. The van der Waals surface area contributed by atoms with E-state index in [4.69, 9.17) is 4.74 Å². The van der Waals surface area contributed by atoms with Crippen molar-refractivity contribution in [2.24, 2.45) is 4.99 Å². The van der Waals surface area contributed by atoms with Crippen molar-refractivity contribution in [1.29, 1.82) is 0 Å². The summed E-state index contributed by atoms with van der Waals surface area (Å²) in [5, 5.41) is 9.21. The second-order valence-corrected chi connectivity index (χ2v) is 7.44. The maximum absolute atomic E-state index is 14.2. The zero-order valence-corrected chi connectivity index (χ0v) is 20.2. The van der Waals surface area contributed by atoms with Crippen LogP contribution in [-0.4, -0.2) is 38.1 Å². The first-order valence-corrected chi connectivity index (χ1v) is 10.3. The van der Waals surface area contributed by atoms with Gasteiger partial charge < -0.3 is 20.7 Å². The van der Waals surface area contributed by atoms with Gasteiger partial charge in [0.2, 0.25) is 5.91 Å². The van der Waals surface area contributed by atoms with Crippen molar-refractivity contribution in [1.82, 2.24) is 10.6 Å². The third-order valence-corrected chi connectivity index (χ3v) is 5.00. The fraction of sp³-hybridized carbons (Fsp3) is 0.391. The van der Waals surface area contributed by atoms with Gasteiger partial charge in [-0.3, -0.25) is 9.79 Å². The van der Waals surface area contributed by atoms with E-state index in [-0.39, 0.29) is 41.1 Å². The van der Waals surface area contributed by atoms with Crippen LogP contribution in [0.1, 0.15) is 32.3 Å². The van der Waals surface area contributed by atoms with Crippen LogP contribution in [0, 0.1) is 5.82 Å². The molecule has 0 radical (unpaired) electrons. The molecule has 0 heterocycles. The molecule has 168 valence electrons. The molecule has 0 unspecified atom stereocenters. The molecule has 0 spiro atoms. The Balaban J connectivity index is 0.00000341. The molecule has 1 amide bonds. The summed E-state index contributed by atoms with van der Waals surface area (Å²) in [6.45, 7) is 5.75. The Hall–Kier alpha value is -2.36. The van der Waals surface area contributed by atoms with E-state index in [2.05, 4.69) is 20.9 Å². The minimum absolute atomic E-state index is 0. The highest BCUT2D eigenvalue weighted by molar-refractivity contribution is 14.0. The van der Waals surface area contributed by atoms with E-state index in [1.54, 1.807) is 12.1 Å². The van der Waals surface area contributed by atoms with E-state index in [0.717, 1.165) is 24.9 Å². The molecule has 0 bridgehead atoms. The molecular weight excluding hydrogens is 510 g/mol. The predicted molar refractivity (Wildman–Crippen MR) is 133 cm³/mol. The quantitative estimate of drug-likeness (QED) is 0.194.